The van der Waals surface area contributed by atoms with Gasteiger partial charge in [0.25, 0.3) is 0 Å². The maximum Gasteiger partial charge on any atom is 0.184 e. The number of benzene rings is 1. The summed E-state index contributed by atoms with van der Waals surface area (Å²) in [5.74, 6) is -1.23. The number of imidazole rings is 1. The van der Waals surface area contributed by atoms with Crippen LogP contribution in [0.4, 0.5) is 8.78 Å². The number of alkyl halides is 1. The van der Waals surface area contributed by atoms with Crippen LogP contribution in [0, 0.1) is 11.6 Å². The van der Waals surface area contributed by atoms with Crippen molar-refractivity contribution in [2.24, 2.45) is 0 Å². The van der Waals surface area contributed by atoms with Crippen molar-refractivity contribution >= 4 is 34.0 Å². The second-order valence-corrected chi connectivity index (χ2v) is 6.28. The molecule has 0 aliphatic heterocycles. The molecule has 3 rings (SSSR count). The second-order valence-electron chi connectivity index (χ2n) is 4.64. The minimum atomic E-state index is -0.886. The summed E-state index contributed by atoms with van der Waals surface area (Å²) in [6, 6.07) is 2.55. The van der Waals surface area contributed by atoms with E-state index in [1.807, 2.05) is 5.38 Å². The summed E-state index contributed by atoms with van der Waals surface area (Å²) in [4.78, 5) is 8.52. The van der Waals surface area contributed by atoms with E-state index in [2.05, 4.69) is 9.97 Å². The quantitative estimate of drug-likeness (QED) is 0.668. The molecule has 7 heteroatoms. The summed E-state index contributed by atoms with van der Waals surface area (Å²) in [5, 5.41) is 2.42. The molecule has 21 heavy (non-hydrogen) atoms. The van der Waals surface area contributed by atoms with Gasteiger partial charge < -0.3 is 4.57 Å². The molecular weight excluding hydrogens is 316 g/mol. The molecule has 0 N–H and O–H groups in total. The van der Waals surface area contributed by atoms with Crippen LogP contribution in [0.2, 0.25) is 0 Å². The molecule has 1 aromatic carbocycles. The zero-order chi connectivity index (χ0) is 15.0. The highest BCUT2D eigenvalue weighted by Crippen LogP contribution is 2.27. The summed E-state index contributed by atoms with van der Waals surface area (Å²) in [5.41, 5.74) is 0.574. The van der Waals surface area contributed by atoms with E-state index in [9.17, 15) is 8.78 Å². The number of halogens is 3. The summed E-state index contributed by atoms with van der Waals surface area (Å²) >= 11 is 7.65. The average Bonchev–Trinajstić information content (AvgIpc) is 3.08. The molecule has 1 atom stereocenters. The van der Waals surface area contributed by atoms with Gasteiger partial charge >= 0.3 is 0 Å². The minimum Gasteiger partial charge on any atom is -0.324 e. The molecule has 0 amide bonds. The fourth-order valence-electron chi connectivity index (χ4n) is 2.29. The zero-order valence-corrected chi connectivity index (χ0v) is 12.8. The van der Waals surface area contributed by atoms with Gasteiger partial charge in [-0.1, -0.05) is 0 Å². The van der Waals surface area contributed by atoms with E-state index in [1.54, 1.807) is 17.7 Å². The maximum absolute atomic E-state index is 14.1. The van der Waals surface area contributed by atoms with Crippen LogP contribution < -0.4 is 0 Å². The Morgan fingerprint density at radius 3 is 2.86 bits per heavy atom. The van der Waals surface area contributed by atoms with Crippen LogP contribution in [0.5, 0.6) is 0 Å². The van der Waals surface area contributed by atoms with Crippen LogP contribution >= 0.6 is 22.9 Å². The molecule has 0 radical (unpaired) electrons. The Bertz CT molecular complexity index is 768. The maximum atomic E-state index is 14.1. The van der Waals surface area contributed by atoms with Crippen molar-refractivity contribution in [1.29, 1.82) is 0 Å². The molecule has 0 bridgehead atoms. The lowest BCUT2D eigenvalue weighted by Crippen LogP contribution is -2.08. The van der Waals surface area contributed by atoms with E-state index in [-0.39, 0.29) is 5.52 Å². The first-order chi connectivity index (χ1) is 10.1. The number of rotatable bonds is 4. The normalized spacial score (nSPS) is 13.0. The second kappa shape index (κ2) is 5.69. The van der Waals surface area contributed by atoms with Crippen molar-refractivity contribution in [2.75, 3.05) is 0 Å². The lowest BCUT2D eigenvalue weighted by Gasteiger charge is -2.10. The molecule has 0 spiro atoms. The minimum absolute atomic E-state index is 0.161. The number of aryl methyl sites for hydroxylation is 2. The zero-order valence-electron chi connectivity index (χ0n) is 11.2. The molecule has 110 valence electrons. The van der Waals surface area contributed by atoms with Crippen molar-refractivity contribution in [1.82, 2.24) is 14.5 Å². The van der Waals surface area contributed by atoms with Crippen molar-refractivity contribution < 1.29 is 8.78 Å². The third-order valence-corrected chi connectivity index (χ3v) is 4.25. The summed E-state index contributed by atoms with van der Waals surface area (Å²) in [7, 11) is 0. The molecule has 1 unspecified atom stereocenters. The number of hydrogen-bond donors (Lipinski definition) is 0. The highest BCUT2D eigenvalue weighted by molar-refractivity contribution is 7.09. The van der Waals surface area contributed by atoms with Gasteiger partial charge in [-0.15, -0.1) is 22.9 Å². The molecule has 2 heterocycles. The first-order valence-corrected chi connectivity index (χ1v) is 7.76. The Labute approximate surface area is 129 Å². The Morgan fingerprint density at radius 1 is 1.38 bits per heavy atom. The van der Waals surface area contributed by atoms with Gasteiger partial charge in [-0.2, -0.15) is 0 Å². The van der Waals surface area contributed by atoms with Gasteiger partial charge in [0, 0.05) is 24.5 Å². The number of fused-ring (bicyclic) bond motifs is 1. The van der Waals surface area contributed by atoms with Crippen molar-refractivity contribution in [3.8, 4) is 0 Å². The number of aromatic nitrogens is 3. The molecule has 2 aromatic heterocycles. The molecule has 0 aliphatic rings. The largest absolute Gasteiger partial charge is 0.324 e. The monoisotopic (exact) mass is 327 g/mol. The van der Waals surface area contributed by atoms with Gasteiger partial charge in [-0.3, -0.25) is 0 Å². The number of nitrogens with zero attached hydrogens (tertiary/aromatic N) is 3. The van der Waals surface area contributed by atoms with E-state index in [0.29, 0.717) is 24.3 Å². The van der Waals surface area contributed by atoms with Crippen LogP contribution in [0.25, 0.3) is 11.0 Å². The van der Waals surface area contributed by atoms with Crippen molar-refractivity contribution in [3.05, 3.63) is 46.2 Å². The van der Waals surface area contributed by atoms with Gasteiger partial charge in [-0.05, 0) is 19.1 Å². The Kier molecular flexibility index (Phi) is 3.91. The third kappa shape index (κ3) is 2.65. The first kappa shape index (κ1) is 14.4. The smallest absolute Gasteiger partial charge is 0.184 e. The topological polar surface area (TPSA) is 30.7 Å². The number of thiazole rings is 1. The molecular formula is C14H12ClF2N3S. The van der Waals surface area contributed by atoms with E-state index in [4.69, 9.17) is 11.6 Å². The highest BCUT2D eigenvalue weighted by atomic mass is 35.5. The summed E-state index contributed by atoms with van der Waals surface area (Å²) < 4.78 is 29.2. The standard InChI is InChI=1S/C14H12ClF2N3S/c1-8(15)14-19-10-3-2-9(16)12(17)13(10)20(14)6-4-11-18-5-7-21-11/h2-3,5,7-8H,4,6H2,1H3. The van der Waals surface area contributed by atoms with Crippen LogP contribution in [-0.2, 0) is 13.0 Å². The predicted octanol–water partition coefficient (Wildman–Crippen LogP) is 4.31. The van der Waals surface area contributed by atoms with Crippen molar-refractivity contribution in [2.45, 2.75) is 25.3 Å². The fraction of sp³-hybridized carbons (Fsp3) is 0.286. The Hall–Kier alpha value is -1.53. The van der Waals surface area contributed by atoms with Gasteiger partial charge in [-0.25, -0.2) is 18.7 Å². The lowest BCUT2D eigenvalue weighted by atomic mass is 10.3. The SMILES string of the molecule is CC(Cl)c1nc2ccc(F)c(F)c2n1CCc1nccs1. The highest BCUT2D eigenvalue weighted by Gasteiger charge is 2.20. The summed E-state index contributed by atoms with van der Waals surface area (Å²) in [6.07, 6.45) is 2.34. The van der Waals surface area contributed by atoms with Crippen LogP contribution in [-0.4, -0.2) is 14.5 Å². The molecule has 3 aromatic rings. The molecule has 3 nitrogen and oxygen atoms in total. The van der Waals surface area contributed by atoms with Gasteiger partial charge in [0.15, 0.2) is 11.6 Å². The third-order valence-electron chi connectivity index (χ3n) is 3.22. The Balaban J connectivity index is 2.08. The van der Waals surface area contributed by atoms with Gasteiger partial charge in [0.05, 0.1) is 15.9 Å². The van der Waals surface area contributed by atoms with E-state index >= 15 is 0 Å². The van der Waals surface area contributed by atoms with Crippen LogP contribution in [0.15, 0.2) is 23.7 Å². The predicted molar refractivity (Wildman–Crippen MR) is 79.7 cm³/mol. The fourth-order valence-corrected chi connectivity index (χ4v) is 3.07. The molecule has 0 fully saturated rings. The average molecular weight is 328 g/mol. The Morgan fingerprint density at radius 2 is 2.19 bits per heavy atom. The van der Waals surface area contributed by atoms with Crippen LogP contribution in [0.1, 0.15) is 23.1 Å². The van der Waals surface area contributed by atoms with Crippen molar-refractivity contribution in [3.63, 3.8) is 0 Å². The first-order valence-electron chi connectivity index (χ1n) is 6.44. The van der Waals surface area contributed by atoms with E-state index in [1.165, 1.54) is 17.4 Å². The van der Waals surface area contributed by atoms with Crippen LogP contribution in [0.3, 0.4) is 0 Å². The molecule has 0 saturated carbocycles. The molecule has 0 aliphatic carbocycles. The van der Waals surface area contributed by atoms with E-state index in [0.717, 1.165) is 11.1 Å². The van der Waals surface area contributed by atoms with Gasteiger partial charge in [0.2, 0.25) is 0 Å². The van der Waals surface area contributed by atoms with Gasteiger partial charge in [0.1, 0.15) is 11.3 Å². The number of hydrogen-bond acceptors (Lipinski definition) is 3. The molecule has 0 saturated heterocycles. The summed E-state index contributed by atoms with van der Waals surface area (Å²) in [6.45, 7) is 2.22. The van der Waals surface area contributed by atoms with E-state index < -0.39 is 17.0 Å². The lowest BCUT2D eigenvalue weighted by molar-refractivity contribution is 0.510.